The third kappa shape index (κ3) is 3.42. The number of carbonyl (C=O) groups is 4. The molecule has 4 aliphatic carbocycles. The highest BCUT2D eigenvalue weighted by molar-refractivity contribution is 5.93. The van der Waals surface area contributed by atoms with Crippen LogP contribution in [-0.4, -0.2) is 46.9 Å². The van der Waals surface area contributed by atoms with E-state index in [1.165, 1.54) is 13.8 Å². The first kappa shape index (κ1) is 23.4. The van der Waals surface area contributed by atoms with E-state index < -0.39 is 29.4 Å². The van der Waals surface area contributed by atoms with Crippen LogP contribution in [0.4, 0.5) is 0 Å². The van der Waals surface area contributed by atoms with Crippen LogP contribution >= 0.6 is 0 Å². The predicted molar refractivity (Wildman–Crippen MR) is 114 cm³/mol. The van der Waals surface area contributed by atoms with Gasteiger partial charge in [-0.05, 0) is 68.1 Å². The van der Waals surface area contributed by atoms with Crippen molar-refractivity contribution < 1.29 is 33.8 Å². The van der Waals surface area contributed by atoms with Crippen LogP contribution in [0.5, 0.6) is 0 Å². The van der Waals surface area contributed by atoms with Gasteiger partial charge in [0.1, 0.15) is 17.5 Å². The maximum absolute atomic E-state index is 13.7. The molecule has 7 heteroatoms. The maximum atomic E-state index is 13.7. The molecular formula is C25H36O7. The lowest BCUT2D eigenvalue weighted by Crippen LogP contribution is -2.62. The number of hydrogen-bond donors (Lipinski definition) is 1. The van der Waals surface area contributed by atoms with E-state index in [9.17, 15) is 24.3 Å². The van der Waals surface area contributed by atoms with Crippen LogP contribution in [0.2, 0.25) is 0 Å². The zero-order valence-corrected chi connectivity index (χ0v) is 19.6. The number of ether oxygens (including phenoxy) is 2. The fourth-order valence-corrected chi connectivity index (χ4v) is 8.12. The van der Waals surface area contributed by atoms with Crippen molar-refractivity contribution in [3.8, 4) is 0 Å². The summed E-state index contributed by atoms with van der Waals surface area (Å²) in [7, 11) is 0. The monoisotopic (exact) mass is 448 g/mol. The molecule has 4 saturated carbocycles. The van der Waals surface area contributed by atoms with Crippen molar-refractivity contribution in [1.82, 2.24) is 0 Å². The highest BCUT2D eigenvalue weighted by atomic mass is 16.5. The Labute approximate surface area is 189 Å². The second-order valence-corrected chi connectivity index (χ2v) is 11.2. The van der Waals surface area contributed by atoms with Crippen LogP contribution in [0, 0.1) is 34.5 Å². The van der Waals surface area contributed by atoms with E-state index in [0.717, 1.165) is 32.1 Å². The molecule has 0 aromatic rings. The van der Waals surface area contributed by atoms with Gasteiger partial charge in [0.05, 0.1) is 0 Å². The van der Waals surface area contributed by atoms with Crippen LogP contribution in [0.3, 0.4) is 0 Å². The zero-order valence-electron chi connectivity index (χ0n) is 19.6. The molecule has 0 bridgehead atoms. The minimum atomic E-state index is -1.64. The smallest absolute Gasteiger partial charge is 0.303 e. The third-order valence-electron chi connectivity index (χ3n) is 9.66. The second kappa shape index (κ2) is 7.93. The Morgan fingerprint density at radius 2 is 1.75 bits per heavy atom. The van der Waals surface area contributed by atoms with Crippen LogP contribution < -0.4 is 0 Å². The van der Waals surface area contributed by atoms with Gasteiger partial charge in [-0.2, -0.15) is 0 Å². The Hall–Kier alpha value is -1.76. The lowest BCUT2D eigenvalue weighted by Gasteiger charge is -2.60. The molecule has 0 saturated heterocycles. The molecular weight excluding hydrogens is 412 g/mol. The van der Waals surface area contributed by atoms with Gasteiger partial charge in [-0.3, -0.25) is 19.2 Å². The van der Waals surface area contributed by atoms with E-state index in [4.69, 9.17) is 9.47 Å². The van der Waals surface area contributed by atoms with E-state index in [0.29, 0.717) is 18.8 Å². The van der Waals surface area contributed by atoms with Gasteiger partial charge in [-0.15, -0.1) is 0 Å². The number of Topliss-reactive ketones (excluding diaryl/α,β-unsaturated/α-hetero) is 2. The van der Waals surface area contributed by atoms with Crippen molar-refractivity contribution in [2.45, 2.75) is 90.8 Å². The molecule has 0 aromatic carbocycles. The first-order valence-electron chi connectivity index (χ1n) is 12.0. The van der Waals surface area contributed by atoms with Gasteiger partial charge in [-0.1, -0.05) is 13.8 Å². The van der Waals surface area contributed by atoms with Crippen molar-refractivity contribution in [3.05, 3.63) is 0 Å². The number of rotatable bonds is 4. The number of aliphatic hydroxyl groups is 1. The van der Waals surface area contributed by atoms with Gasteiger partial charge >= 0.3 is 11.9 Å². The Balaban J connectivity index is 1.57. The molecule has 8 atom stereocenters. The van der Waals surface area contributed by atoms with Crippen molar-refractivity contribution in [2.24, 2.45) is 34.5 Å². The van der Waals surface area contributed by atoms with Crippen LogP contribution in [0.15, 0.2) is 0 Å². The van der Waals surface area contributed by atoms with Crippen molar-refractivity contribution in [2.75, 3.05) is 6.61 Å². The van der Waals surface area contributed by atoms with Crippen molar-refractivity contribution in [1.29, 1.82) is 0 Å². The summed E-state index contributed by atoms with van der Waals surface area (Å²) in [5.74, 6) is -0.677. The fraction of sp³-hybridized carbons (Fsp3) is 0.840. The SMILES string of the molecule is CC(=O)OCC(=O)[C@@]1(O)CC[C@H]2[C@@H]3CCC4CC(OC(C)=O)CC[C@]4(C)[C@H]3C(=O)C[C@@]21C. The van der Waals surface area contributed by atoms with Crippen molar-refractivity contribution >= 4 is 23.5 Å². The number of ketones is 2. The molecule has 0 spiro atoms. The van der Waals surface area contributed by atoms with Gasteiger partial charge in [0.2, 0.25) is 5.78 Å². The van der Waals surface area contributed by atoms with E-state index in [2.05, 4.69) is 6.92 Å². The second-order valence-electron chi connectivity index (χ2n) is 11.2. The standard InChI is InChI=1S/C25H36O7/c1-14(26)31-13-21(29)25(30)10-8-19-18-6-5-16-11-17(32-15(2)27)7-9-23(16,3)22(18)20(28)12-24(19,25)4/h16-19,22,30H,5-13H2,1-4H3/t16?,17?,18-,19-,22+,23-,24-,25-/m0/s1. The summed E-state index contributed by atoms with van der Waals surface area (Å²) in [6.07, 6.45) is 5.39. The topological polar surface area (TPSA) is 107 Å². The molecule has 7 nitrogen and oxygen atoms in total. The third-order valence-corrected chi connectivity index (χ3v) is 9.66. The average molecular weight is 449 g/mol. The molecule has 2 unspecified atom stereocenters. The first-order chi connectivity index (χ1) is 14.9. The number of esters is 2. The maximum Gasteiger partial charge on any atom is 0.303 e. The van der Waals surface area contributed by atoms with Gasteiger partial charge in [0.25, 0.3) is 0 Å². The quantitative estimate of drug-likeness (QED) is 0.659. The summed E-state index contributed by atoms with van der Waals surface area (Å²) < 4.78 is 10.4. The fourth-order valence-electron chi connectivity index (χ4n) is 8.12. The Morgan fingerprint density at radius 3 is 2.41 bits per heavy atom. The zero-order chi connectivity index (χ0) is 23.5. The molecule has 0 aromatic heterocycles. The van der Waals surface area contributed by atoms with E-state index >= 15 is 0 Å². The normalized spacial score (nSPS) is 45.3. The lowest BCUT2D eigenvalue weighted by molar-refractivity contribution is -0.183. The number of fused-ring (bicyclic) bond motifs is 5. The molecule has 4 rings (SSSR count). The van der Waals surface area contributed by atoms with Crippen LogP contribution in [0.25, 0.3) is 0 Å². The van der Waals surface area contributed by atoms with Crippen LogP contribution in [0.1, 0.15) is 79.1 Å². The molecule has 0 heterocycles. The molecule has 0 amide bonds. The van der Waals surface area contributed by atoms with Crippen molar-refractivity contribution in [3.63, 3.8) is 0 Å². The van der Waals surface area contributed by atoms with Gasteiger partial charge in [-0.25, -0.2) is 0 Å². The van der Waals surface area contributed by atoms with Gasteiger partial charge in [0.15, 0.2) is 6.61 Å². The highest BCUT2D eigenvalue weighted by Crippen LogP contribution is 2.67. The van der Waals surface area contributed by atoms with Gasteiger partial charge < -0.3 is 14.6 Å². The average Bonchev–Trinajstić information content (AvgIpc) is 2.97. The summed E-state index contributed by atoms with van der Waals surface area (Å²) in [4.78, 5) is 49.2. The minimum Gasteiger partial charge on any atom is -0.463 e. The van der Waals surface area contributed by atoms with E-state index in [1.54, 1.807) is 0 Å². The molecule has 1 N–H and O–H groups in total. The molecule has 0 aliphatic heterocycles. The molecule has 0 radical (unpaired) electrons. The molecule has 32 heavy (non-hydrogen) atoms. The van der Waals surface area contributed by atoms with Crippen LogP contribution in [-0.2, 0) is 28.7 Å². The summed E-state index contributed by atoms with van der Waals surface area (Å²) in [6.45, 7) is 6.34. The largest absolute Gasteiger partial charge is 0.463 e. The minimum absolute atomic E-state index is 0.0680. The summed E-state index contributed by atoms with van der Waals surface area (Å²) in [5.41, 5.74) is -2.61. The summed E-state index contributed by atoms with van der Waals surface area (Å²) in [6, 6.07) is 0. The van der Waals surface area contributed by atoms with E-state index in [1.807, 2.05) is 6.92 Å². The Morgan fingerprint density at radius 1 is 1.03 bits per heavy atom. The number of hydrogen-bond acceptors (Lipinski definition) is 7. The number of carbonyl (C=O) groups excluding carboxylic acids is 4. The summed E-state index contributed by atoms with van der Waals surface area (Å²) in [5, 5.41) is 11.5. The molecule has 4 aliphatic rings. The highest BCUT2D eigenvalue weighted by Gasteiger charge is 2.69. The Bertz CT molecular complexity index is 836. The first-order valence-corrected chi connectivity index (χ1v) is 12.0. The van der Waals surface area contributed by atoms with Gasteiger partial charge in [0, 0.05) is 31.6 Å². The predicted octanol–water partition coefficient (Wildman–Crippen LogP) is 3.00. The van der Waals surface area contributed by atoms with E-state index in [-0.39, 0.29) is 47.4 Å². The Kier molecular flexibility index (Phi) is 5.80. The molecule has 178 valence electrons. The molecule has 4 fully saturated rings. The summed E-state index contributed by atoms with van der Waals surface area (Å²) >= 11 is 0. The lowest BCUT2D eigenvalue weighted by atomic mass is 9.44.